The first-order chi connectivity index (χ1) is 14.4. The van der Waals surface area contributed by atoms with Crippen molar-refractivity contribution >= 4 is 27.8 Å². The molecular formula is C23H27N5O2. The number of aromatic amines is 1. The summed E-state index contributed by atoms with van der Waals surface area (Å²) in [6.07, 6.45) is 4.49. The number of carbonyl (C=O) groups excluding carboxylic acids is 1. The number of ether oxygens (including phenoxy) is 1. The summed E-state index contributed by atoms with van der Waals surface area (Å²) >= 11 is 0. The number of pyridine rings is 1. The summed E-state index contributed by atoms with van der Waals surface area (Å²) in [7, 11) is 1.65. The van der Waals surface area contributed by atoms with Crippen LogP contribution in [-0.2, 0) is 11.3 Å². The largest absolute Gasteiger partial charge is 0.497 e. The van der Waals surface area contributed by atoms with E-state index >= 15 is 0 Å². The molecule has 30 heavy (non-hydrogen) atoms. The molecule has 0 bridgehead atoms. The van der Waals surface area contributed by atoms with Gasteiger partial charge in [0, 0.05) is 45.5 Å². The van der Waals surface area contributed by atoms with Gasteiger partial charge in [0.05, 0.1) is 7.11 Å². The van der Waals surface area contributed by atoms with E-state index in [4.69, 9.17) is 10.5 Å². The number of hydrogen-bond donors (Lipinski definition) is 3. The van der Waals surface area contributed by atoms with Crippen LogP contribution in [0, 0.1) is 0 Å². The van der Waals surface area contributed by atoms with E-state index in [0.29, 0.717) is 6.54 Å². The Labute approximate surface area is 175 Å². The van der Waals surface area contributed by atoms with E-state index < -0.39 is 0 Å². The molecule has 3 aromatic heterocycles. The van der Waals surface area contributed by atoms with Gasteiger partial charge in [-0.2, -0.15) is 0 Å². The third kappa shape index (κ3) is 3.89. The predicted molar refractivity (Wildman–Crippen MR) is 119 cm³/mol. The van der Waals surface area contributed by atoms with Crippen LogP contribution in [0.3, 0.4) is 0 Å². The fourth-order valence-electron chi connectivity index (χ4n) is 3.85. The zero-order valence-electron chi connectivity index (χ0n) is 17.5. The number of nitrogens with two attached hydrogens (primary N) is 1. The van der Waals surface area contributed by atoms with Crippen molar-refractivity contribution in [3.63, 3.8) is 0 Å². The van der Waals surface area contributed by atoms with Crippen molar-refractivity contribution in [1.82, 2.24) is 19.9 Å². The minimum atomic E-state index is -0.344. The maximum Gasteiger partial charge on any atom is 0.240 e. The van der Waals surface area contributed by atoms with Crippen molar-refractivity contribution in [1.29, 1.82) is 0 Å². The van der Waals surface area contributed by atoms with E-state index in [1.165, 1.54) is 0 Å². The fraction of sp³-hybridized carbons (Fsp3) is 0.304. The van der Waals surface area contributed by atoms with Gasteiger partial charge in [0.15, 0.2) is 0 Å². The normalized spacial score (nSPS) is 11.9. The highest BCUT2D eigenvalue weighted by Crippen LogP contribution is 2.34. The quantitative estimate of drug-likeness (QED) is 0.439. The maximum absolute atomic E-state index is 12.7. The second-order valence-corrected chi connectivity index (χ2v) is 8.15. The van der Waals surface area contributed by atoms with Gasteiger partial charge in [-0.25, -0.2) is 4.98 Å². The van der Waals surface area contributed by atoms with Crippen LogP contribution in [0.2, 0.25) is 0 Å². The van der Waals surface area contributed by atoms with Crippen LogP contribution in [0.15, 0.2) is 48.8 Å². The highest BCUT2D eigenvalue weighted by Gasteiger charge is 2.21. The van der Waals surface area contributed by atoms with Crippen molar-refractivity contribution in [2.75, 3.05) is 13.7 Å². The summed E-state index contributed by atoms with van der Waals surface area (Å²) in [5.41, 5.74) is 9.06. The van der Waals surface area contributed by atoms with Gasteiger partial charge < -0.3 is 25.3 Å². The molecule has 0 saturated heterocycles. The summed E-state index contributed by atoms with van der Waals surface area (Å²) in [5.74, 6) is 0.718. The highest BCUT2D eigenvalue weighted by molar-refractivity contribution is 5.99. The van der Waals surface area contributed by atoms with Gasteiger partial charge in [0.2, 0.25) is 5.91 Å². The molecule has 0 aliphatic heterocycles. The molecule has 7 heteroatoms. The van der Waals surface area contributed by atoms with E-state index in [1.807, 2.05) is 54.9 Å². The molecule has 3 heterocycles. The first kappa shape index (κ1) is 20.0. The van der Waals surface area contributed by atoms with Gasteiger partial charge in [0.1, 0.15) is 17.9 Å². The first-order valence-electron chi connectivity index (χ1n) is 10.0. The third-order valence-electron chi connectivity index (χ3n) is 5.33. The van der Waals surface area contributed by atoms with E-state index in [-0.39, 0.29) is 18.0 Å². The fourth-order valence-corrected chi connectivity index (χ4v) is 3.85. The van der Waals surface area contributed by atoms with Crippen molar-refractivity contribution < 1.29 is 9.53 Å². The molecular weight excluding hydrogens is 378 g/mol. The minimum absolute atomic E-state index is 0.0500. The van der Waals surface area contributed by atoms with Crippen LogP contribution in [0.1, 0.15) is 20.3 Å². The Morgan fingerprint density at radius 2 is 2.13 bits per heavy atom. The topological polar surface area (TPSA) is 98.0 Å². The highest BCUT2D eigenvalue weighted by atomic mass is 16.5. The van der Waals surface area contributed by atoms with Crippen LogP contribution in [0.25, 0.3) is 33.2 Å². The molecule has 0 unspecified atom stereocenters. The van der Waals surface area contributed by atoms with Gasteiger partial charge in [-0.15, -0.1) is 0 Å². The molecule has 156 valence electrons. The maximum atomic E-state index is 12.7. The van der Waals surface area contributed by atoms with Gasteiger partial charge in [-0.1, -0.05) is 0 Å². The van der Waals surface area contributed by atoms with Gasteiger partial charge >= 0.3 is 0 Å². The van der Waals surface area contributed by atoms with Crippen LogP contribution in [0.5, 0.6) is 5.75 Å². The Morgan fingerprint density at radius 3 is 2.87 bits per heavy atom. The zero-order valence-corrected chi connectivity index (χ0v) is 17.5. The van der Waals surface area contributed by atoms with Gasteiger partial charge in [0.25, 0.3) is 0 Å². The molecule has 4 aromatic rings. The summed E-state index contributed by atoms with van der Waals surface area (Å²) in [6, 6.07) is 11.9. The number of nitrogens with one attached hydrogen (secondary N) is 2. The molecule has 0 fully saturated rings. The Morgan fingerprint density at radius 1 is 1.30 bits per heavy atom. The predicted octanol–water partition coefficient (Wildman–Crippen LogP) is 3.44. The van der Waals surface area contributed by atoms with Crippen molar-refractivity contribution in [2.24, 2.45) is 5.73 Å². The summed E-state index contributed by atoms with van der Waals surface area (Å²) < 4.78 is 7.40. The Balaban J connectivity index is 1.75. The smallest absolute Gasteiger partial charge is 0.240 e. The van der Waals surface area contributed by atoms with Crippen LogP contribution in [0.4, 0.5) is 0 Å². The number of methoxy groups -OCH3 is 1. The first-order valence-corrected chi connectivity index (χ1v) is 10.0. The Bertz CT molecular complexity index is 1170. The standard InChI is InChI=1S/C23H27N5O2/c1-23(2,8-9-24)27-21(29)14-28-13-18(17-12-16(30-3)6-7-20(17)28)19-11-15-5-4-10-25-22(15)26-19/h4-7,10-13H,8-9,14,24H2,1-3H3,(H,25,26)(H,27,29). The second-order valence-electron chi connectivity index (χ2n) is 8.15. The van der Waals surface area contributed by atoms with E-state index in [9.17, 15) is 4.79 Å². The lowest BCUT2D eigenvalue weighted by Gasteiger charge is -2.25. The van der Waals surface area contributed by atoms with Gasteiger partial charge in [-0.3, -0.25) is 4.79 Å². The Hall–Kier alpha value is -3.32. The van der Waals surface area contributed by atoms with Crippen LogP contribution in [-0.4, -0.2) is 39.6 Å². The molecule has 4 N–H and O–H groups in total. The molecule has 1 amide bonds. The number of carbonyl (C=O) groups is 1. The van der Waals surface area contributed by atoms with Crippen molar-refractivity contribution in [3.05, 3.63) is 48.8 Å². The molecule has 0 aliphatic carbocycles. The number of aromatic nitrogens is 3. The lowest BCUT2D eigenvalue weighted by Crippen LogP contribution is -2.45. The average Bonchev–Trinajstić information content (AvgIpc) is 3.28. The molecule has 0 aliphatic rings. The number of benzene rings is 1. The second kappa shape index (κ2) is 7.84. The zero-order chi connectivity index (χ0) is 21.3. The number of nitrogens with zero attached hydrogens (tertiary/aromatic N) is 2. The molecule has 0 radical (unpaired) electrons. The van der Waals surface area contributed by atoms with Gasteiger partial charge in [-0.05, 0) is 63.2 Å². The number of hydrogen-bond acceptors (Lipinski definition) is 4. The average molecular weight is 406 g/mol. The lowest BCUT2D eigenvalue weighted by molar-refractivity contribution is -0.123. The monoisotopic (exact) mass is 405 g/mol. The summed E-state index contributed by atoms with van der Waals surface area (Å²) in [6.45, 7) is 4.71. The molecule has 0 saturated carbocycles. The SMILES string of the molecule is COc1ccc2c(c1)c(-c1cc3cccnc3[nH]1)cn2CC(=O)NC(C)(C)CCN. The summed E-state index contributed by atoms with van der Waals surface area (Å²) in [4.78, 5) is 20.5. The number of amides is 1. The van der Waals surface area contributed by atoms with E-state index in [0.717, 1.165) is 45.4 Å². The van der Waals surface area contributed by atoms with Crippen LogP contribution < -0.4 is 15.8 Å². The molecule has 7 nitrogen and oxygen atoms in total. The minimum Gasteiger partial charge on any atom is -0.497 e. The third-order valence-corrected chi connectivity index (χ3v) is 5.33. The molecule has 0 spiro atoms. The summed E-state index contributed by atoms with van der Waals surface area (Å²) in [5, 5.41) is 5.13. The molecule has 0 atom stereocenters. The number of rotatable bonds is 7. The molecule has 4 rings (SSSR count). The van der Waals surface area contributed by atoms with E-state index in [1.54, 1.807) is 13.3 Å². The van der Waals surface area contributed by atoms with Crippen molar-refractivity contribution in [3.8, 4) is 17.0 Å². The number of H-pyrrole nitrogens is 1. The lowest BCUT2D eigenvalue weighted by atomic mass is 10.0. The van der Waals surface area contributed by atoms with Crippen molar-refractivity contribution in [2.45, 2.75) is 32.4 Å². The number of fused-ring (bicyclic) bond motifs is 2. The molecule has 1 aromatic carbocycles. The Kier molecular flexibility index (Phi) is 5.22. The van der Waals surface area contributed by atoms with Crippen LogP contribution >= 0.6 is 0 Å². The van der Waals surface area contributed by atoms with E-state index in [2.05, 4.69) is 21.4 Å².